The zero-order valence-electron chi connectivity index (χ0n) is 11.8. The molecule has 3 nitrogen and oxygen atoms in total. The molecule has 1 fully saturated rings. The highest BCUT2D eigenvalue weighted by Crippen LogP contribution is 2.27. The van der Waals surface area contributed by atoms with Gasteiger partial charge in [0.1, 0.15) is 0 Å². The van der Waals surface area contributed by atoms with Crippen LogP contribution >= 0.6 is 11.6 Å². The van der Waals surface area contributed by atoms with E-state index in [0.29, 0.717) is 12.0 Å². The summed E-state index contributed by atoms with van der Waals surface area (Å²) in [6.07, 6.45) is 2.29. The van der Waals surface area contributed by atoms with Gasteiger partial charge in [-0.3, -0.25) is 0 Å². The first kappa shape index (κ1) is 13.9. The van der Waals surface area contributed by atoms with E-state index in [9.17, 15) is 0 Å². The van der Waals surface area contributed by atoms with Gasteiger partial charge in [0.15, 0.2) is 0 Å². The topological polar surface area (TPSA) is 37.0 Å². The summed E-state index contributed by atoms with van der Waals surface area (Å²) in [5, 5.41) is 5.54. The van der Waals surface area contributed by atoms with Crippen LogP contribution in [0.15, 0.2) is 24.3 Å². The van der Waals surface area contributed by atoms with Gasteiger partial charge in [0.2, 0.25) is 0 Å². The molecule has 4 heteroatoms. The lowest BCUT2D eigenvalue weighted by Gasteiger charge is -2.28. The highest BCUT2D eigenvalue weighted by Gasteiger charge is 2.20. The van der Waals surface area contributed by atoms with Gasteiger partial charge in [-0.1, -0.05) is 29.8 Å². The molecule has 2 N–H and O–H groups in total. The number of fused-ring (bicyclic) bond motifs is 1. The third-order valence-corrected chi connectivity index (χ3v) is 4.72. The van der Waals surface area contributed by atoms with E-state index in [-0.39, 0.29) is 0 Å². The molecule has 108 valence electrons. The highest BCUT2D eigenvalue weighted by atomic mass is 35.5. The number of ether oxygens (including phenoxy) is 1. The van der Waals surface area contributed by atoms with Crippen LogP contribution in [0.5, 0.6) is 0 Å². The molecule has 0 aliphatic carbocycles. The first-order valence-electron chi connectivity index (χ1n) is 7.32. The maximum Gasteiger partial charge on any atom is 0.0705 e. The third kappa shape index (κ3) is 2.85. The number of H-pyrrole nitrogens is 1. The number of halogens is 1. The summed E-state index contributed by atoms with van der Waals surface area (Å²) in [6.45, 7) is 4.83. The van der Waals surface area contributed by atoms with E-state index in [1.165, 1.54) is 0 Å². The van der Waals surface area contributed by atoms with Gasteiger partial charge >= 0.3 is 0 Å². The summed E-state index contributed by atoms with van der Waals surface area (Å²) < 4.78 is 5.42. The average Bonchev–Trinajstić information content (AvgIpc) is 2.83. The normalized spacial score (nSPS) is 18.5. The van der Waals surface area contributed by atoms with Gasteiger partial charge in [0.25, 0.3) is 0 Å². The number of aromatic nitrogens is 1. The molecule has 1 saturated heterocycles. The van der Waals surface area contributed by atoms with Crippen molar-refractivity contribution < 1.29 is 4.74 Å². The van der Waals surface area contributed by atoms with E-state index in [2.05, 4.69) is 29.4 Å². The van der Waals surface area contributed by atoms with Crippen LogP contribution in [0.1, 0.15) is 25.5 Å². The van der Waals surface area contributed by atoms with Crippen molar-refractivity contribution in [3.8, 4) is 0 Å². The van der Waals surface area contributed by atoms with E-state index >= 15 is 0 Å². The summed E-state index contributed by atoms with van der Waals surface area (Å²) in [7, 11) is 0. The van der Waals surface area contributed by atoms with E-state index in [1.54, 1.807) is 0 Å². The number of para-hydroxylation sites is 1. The smallest absolute Gasteiger partial charge is 0.0705 e. The molecule has 1 aliphatic heterocycles. The first-order valence-corrected chi connectivity index (χ1v) is 7.69. The average molecular weight is 293 g/mol. The van der Waals surface area contributed by atoms with Crippen molar-refractivity contribution in [3.63, 3.8) is 0 Å². The zero-order valence-corrected chi connectivity index (χ0v) is 12.5. The van der Waals surface area contributed by atoms with Crippen LogP contribution in [0, 0.1) is 5.92 Å². The Kier molecular flexibility index (Phi) is 4.29. The monoisotopic (exact) mass is 292 g/mol. The quantitative estimate of drug-likeness (QED) is 0.901. The lowest BCUT2D eigenvalue weighted by molar-refractivity contribution is 0.0557. The molecule has 1 aromatic carbocycles. The predicted octanol–water partition coefficient (Wildman–Crippen LogP) is 3.73. The van der Waals surface area contributed by atoms with Gasteiger partial charge in [-0.25, -0.2) is 0 Å². The maximum absolute atomic E-state index is 6.44. The van der Waals surface area contributed by atoms with Gasteiger partial charge < -0.3 is 15.0 Å². The fourth-order valence-electron chi connectivity index (χ4n) is 2.93. The predicted molar refractivity (Wildman–Crippen MR) is 83.2 cm³/mol. The van der Waals surface area contributed by atoms with Crippen molar-refractivity contribution in [2.24, 2.45) is 5.92 Å². The number of nitrogens with one attached hydrogen (secondary N) is 2. The molecule has 1 aromatic heterocycles. The minimum absolute atomic E-state index is 0.487. The first-order chi connectivity index (χ1) is 9.75. The Bertz CT molecular complexity index is 575. The fourth-order valence-corrected chi connectivity index (χ4v) is 3.21. The van der Waals surface area contributed by atoms with Crippen molar-refractivity contribution in [2.45, 2.75) is 32.4 Å². The standard InChI is InChI=1S/C16H21ClN2O/c1-11(12-6-8-20-9-7-12)18-10-15-16(17)13-4-2-3-5-14(13)19-15/h2-5,11-12,18-19H,6-10H2,1H3. The molecule has 20 heavy (non-hydrogen) atoms. The minimum Gasteiger partial charge on any atom is -0.381 e. The molecule has 1 aliphatic rings. The van der Waals surface area contributed by atoms with Gasteiger partial charge in [-0.2, -0.15) is 0 Å². The van der Waals surface area contributed by atoms with Crippen LogP contribution in [-0.2, 0) is 11.3 Å². The lowest BCUT2D eigenvalue weighted by atomic mass is 9.93. The molecule has 2 aromatic rings. The zero-order chi connectivity index (χ0) is 13.9. The summed E-state index contributed by atoms with van der Waals surface area (Å²) in [6, 6.07) is 8.65. The molecule has 0 bridgehead atoms. The van der Waals surface area contributed by atoms with E-state index < -0.39 is 0 Å². The second kappa shape index (κ2) is 6.17. The summed E-state index contributed by atoms with van der Waals surface area (Å²) in [5.74, 6) is 0.701. The van der Waals surface area contributed by atoms with E-state index in [4.69, 9.17) is 16.3 Å². The molecule has 1 atom stereocenters. The summed E-state index contributed by atoms with van der Waals surface area (Å²) in [5.41, 5.74) is 2.18. The largest absolute Gasteiger partial charge is 0.381 e. The Labute approximate surface area is 124 Å². The Morgan fingerprint density at radius 1 is 1.35 bits per heavy atom. The summed E-state index contributed by atoms with van der Waals surface area (Å²) in [4.78, 5) is 3.40. The van der Waals surface area contributed by atoms with Crippen molar-refractivity contribution >= 4 is 22.5 Å². The SMILES string of the molecule is CC(NCc1[nH]c2ccccc2c1Cl)C1CCOCC1. The third-order valence-electron chi connectivity index (χ3n) is 4.29. The molecule has 0 amide bonds. The van der Waals surface area contributed by atoms with Crippen LogP contribution in [0.4, 0.5) is 0 Å². The van der Waals surface area contributed by atoms with Crippen molar-refractivity contribution in [3.05, 3.63) is 35.0 Å². The Morgan fingerprint density at radius 3 is 2.85 bits per heavy atom. The molecular formula is C16H21ClN2O. The van der Waals surface area contributed by atoms with Crippen LogP contribution in [0.25, 0.3) is 10.9 Å². The van der Waals surface area contributed by atoms with Gasteiger partial charge in [-0.05, 0) is 31.7 Å². The van der Waals surface area contributed by atoms with E-state index in [0.717, 1.165) is 54.2 Å². The molecule has 1 unspecified atom stereocenters. The summed E-state index contributed by atoms with van der Waals surface area (Å²) >= 11 is 6.44. The van der Waals surface area contributed by atoms with Crippen molar-refractivity contribution in [1.82, 2.24) is 10.3 Å². The highest BCUT2D eigenvalue weighted by molar-refractivity contribution is 6.36. The lowest BCUT2D eigenvalue weighted by Crippen LogP contribution is -2.36. The van der Waals surface area contributed by atoms with Crippen LogP contribution < -0.4 is 5.32 Å². The molecule has 0 spiro atoms. The second-order valence-corrected chi connectivity index (χ2v) is 5.96. The second-order valence-electron chi connectivity index (χ2n) is 5.58. The number of aromatic amines is 1. The van der Waals surface area contributed by atoms with Gasteiger partial charge in [-0.15, -0.1) is 0 Å². The minimum atomic E-state index is 0.487. The molecule has 0 saturated carbocycles. The number of benzene rings is 1. The Morgan fingerprint density at radius 2 is 2.10 bits per heavy atom. The van der Waals surface area contributed by atoms with Crippen LogP contribution in [-0.4, -0.2) is 24.2 Å². The Balaban J connectivity index is 1.65. The number of rotatable bonds is 4. The van der Waals surface area contributed by atoms with Crippen molar-refractivity contribution in [2.75, 3.05) is 13.2 Å². The molecule has 0 radical (unpaired) electrons. The fraction of sp³-hybridized carbons (Fsp3) is 0.500. The molecule has 2 heterocycles. The van der Waals surface area contributed by atoms with Crippen LogP contribution in [0.3, 0.4) is 0 Å². The Hall–Kier alpha value is -1.03. The number of hydrogen-bond donors (Lipinski definition) is 2. The molecule has 3 rings (SSSR count). The van der Waals surface area contributed by atoms with Gasteiger partial charge in [0, 0.05) is 42.4 Å². The van der Waals surface area contributed by atoms with Gasteiger partial charge in [0.05, 0.1) is 5.02 Å². The van der Waals surface area contributed by atoms with Crippen LogP contribution in [0.2, 0.25) is 5.02 Å². The molecular weight excluding hydrogens is 272 g/mol. The van der Waals surface area contributed by atoms with Crippen molar-refractivity contribution in [1.29, 1.82) is 0 Å². The maximum atomic E-state index is 6.44. The number of hydrogen-bond acceptors (Lipinski definition) is 2. The van der Waals surface area contributed by atoms with E-state index in [1.807, 2.05) is 12.1 Å².